The minimum atomic E-state index is 0.856. The molecule has 0 spiro atoms. The standard InChI is InChI=1S/C10H14N2O/c1-9-8-12(13)7-4-10(9)11-5-2-3-6-11/h4,7-8H,2-3,5-6H2,1H3. The van der Waals surface area contributed by atoms with Gasteiger partial charge in [0.15, 0.2) is 12.4 Å². The smallest absolute Gasteiger partial charge is 0.185 e. The third-order valence-corrected chi connectivity index (χ3v) is 2.55. The maximum atomic E-state index is 11.0. The average molecular weight is 178 g/mol. The zero-order valence-electron chi connectivity index (χ0n) is 7.86. The quantitative estimate of drug-likeness (QED) is 0.478. The fourth-order valence-corrected chi connectivity index (χ4v) is 1.89. The number of pyridine rings is 1. The Labute approximate surface area is 78.2 Å². The number of nitrogens with zero attached hydrogens (tertiary/aromatic N) is 2. The van der Waals surface area contributed by atoms with E-state index in [1.807, 2.05) is 13.0 Å². The first kappa shape index (κ1) is 8.35. The van der Waals surface area contributed by atoms with Gasteiger partial charge in [-0.2, -0.15) is 4.73 Å². The molecule has 0 radical (unpaired) electrons. The molecule has 2 rings (SSSR count). The molecule has 1 aromatic rings. The zero-order valence-corrected chi connectivity index (χ0v) is 7.86. The lowest BCUT2D eigenvalue weighted by atomic mass is 10.2. The summed E-state index contributed by atoms with van der Waals surface area (Å²) >= 11 is 0. The summed E-state index contributed by atoms with van der Waals surface area (Å²) in [4.78, 5) is 2.34. The van der Waals surface area contributed by atoms with E-state index in [0.29, 0.717) is 0 Å². The second-order valence-electron chi connectivity index (χ2n) is 3.57. The predicted molar refractivity (Wildman–Crippen MR) is 51.6 cm³/mol. The van der Waals surface area contributed by atoms with Gasteiger partial charge in [-0.25, -0.2) is 0 Å². The molecule has 1 saturated heterocycles. The van der Waals surface area contributed by atoms with Crippen LogP contribution >= 0.6 is 0 Å². The molecule has 1 aliphatic rings. The minimum Gasteiger partial charge on any atom is -0.619 e. The molecule has 0 amide bonds. The van der Waals surface area contributed by atoms with Gasteiger partial charge in [-0.1, -0.05) is 0 Å². The Kier molecular flexibility index (Phi) is 2.08. The highest BCUT2D eigenvalue weighted by Crippen LogP contribution is 2.21. The molecular weight excluding hydrogens is 164 g/mol. The van der Waals surface area contributed by atoms with Gasteiger partial charge in [0.25, 0.3) is 0 Å². The van der Waals surface area contributed by atoms with Crippen LogP contribution in [0.2, 0.25) is 0 Å². The number of aromatic nitrogens is 1. The van der Waals surface area contributed by atoms with E-state index in [9.17, 15) is 5.21 Å². The van der Waals surface area contributed by atoms with Crippen LogP contribution in [0.15, 0.2) is 18.5 Å². The molecule has 70 valence electrons. The zero-order chi connectivity index (χ0) is 9.26. The van der Waals surface area contributed by atoms with E-state index < -0.39 is 0 Å². The molecule has 0 N–H and O–H groups in total. The van der Waals surface area contributed by atoms with Gasteiger partial charge in [0.2, 0.25) is 0 Å². The van der Waals surface area contributed by atoms with Crippen LogP contribution in [0.1, 0.15) is 18.4 Å². The van der Waals surface area contributed by atoms with Crippen molar-refractivity contribution in [1.29, 1.82) is 0 Å². The van der Waals surface area contributed by atoms with Crippen molar-refractivity contribution in [1.82, 2.24) is 0 Å². The molecule has 3 nitrogen and oxygen atoms in total. The van der Waals surface area contributed by atoms with Crippen molar-refractivity contribution in [2.45, 2.75) is 19.8 Å². The summed E-state index contributed by atoms with van der Waals surface area (Å²) in [5.41, 5.74) is 2.28. The highest BCUT2D eigenvalue weighted by atomic mass is 16.5. The lowest BCUT2D eigenvalue weighted by molar-refractivity contribution is -0.605. The third kappa shape index (κ3) is 1.59. The fourth-order valence-electron chi connectivity index (χ4n) is 1.89. The van der Waals surface area contributed by atoms with Crippen molar-refractivity contribution >= 4 is 5.69 Å². The van der Waals surface area contributed by atoms with Gasteiger partial charge >= 0.3 is 0 Å². The number of rotatable bonds is 1. The van der Waals surface area contributed by atoms with Crippen LogP contribution in [-0.2, 0) is 0 Å². The lowest BCUT2D eigenvalue weighted by Crippen LogP contribution is -2.27. The molecule has 0 aromatic carbocycles. The van der Waals surface area contributed by atoms with Gasteiger partial charge in [0.05, 0.1) is 5.69 Å². The van der Waals surface area contributed by atoms with Gasteiger partial charge in [-0.15, -0.1) is 0 Å². The van der Waals surface area contributed by atoms with Gasteiger partial charge < -0.3 is 10.1 Å². The normalized spacial score (nSPS) is 16.5. The lowest BCUT2D eigenvalue weighted by Gasteiger charge is -2.18. The predicted octanol–water partition coefficient (Wildman–Crippen LogP) is 1.23. The molecule has 2 heterocycles. The van der Waals surface area contributed by atoms with Crippen molar-refractivity contribution in [3.05, 3.63) is 29.2 Å². The SMILES string of the molecule is Cc1c[n+]([O-])ccc1N1CCCC1. The monoisotopic (exact) mass is 178 g/mol. The van der Waals surface area contributed by atoms with Crippen LogP contribution in [0.4, 0.5) is 5.69 Å². The van der Waals surface area contributed by atoms with Gasteiger partial charge in [0, 0.05) is 24.7 Å². The van der Waals surface area contributed by atoms with Crippen molar-refractivity contribution in [2.24, 2.45) is 0 Å². The van der Waals surface area contributed by atoms with Gasteiger partial charge in [-0.3, -0.25) is 0 Å². The first-order chi connectivity index (χ1) is 6.27. The third-order valence-electron chi connectivity index (χ3n) is 2.55. The van der Waals surface area contributed by atoms with Crippen LogP contribution in [-0.4, -0.2) is 13.1 Å². The summed E-state index contributed by atoms with van der Waals surface area (Å²) in [5.74, 6) is 0. The van der Waals surface area contributed by atoms with Gasteiger partial charge in [-0.05, 0) is 19.8 Å². The summed E-state index contributed by atoms with van der Waals surface area (Å²) in [5, 5.41) is 11.0. The Bertz CT molecular complexity index is 306. The molecule has 0 aliphatic carbocycles. The highest BCUT2D eigenvalue weighted by Gasteiger charge is 2.15. The first-order valence-corrected chi connectivity index (χ1v) is 4.72. The Balaban J connectivity index is 2.29. The van der Waals surface area contributed by atoms with Crippen molar-refractivity contribution in [3.8, 4) is 0 Å². The van der Waals surface area contributed by atoms with E-state index in [2.05, 4.69) is 4.90 Å². The summed E-state index contributed by atoms with van der Waals surface area (Å²) in [6.45, 7) is 4.25. The minimum absolute atomic E-state index is 0.856. The molecule has 3 heteroatoms. The Morgan fingerprint density at radius 3 is 2.69 bits per heavy atom. The van der Waals surface area contributed by atoms with Crippen LogP contribution in [0.5, 0.6) is 0 Å². The van der Waals surface area contributed by atoms with E-state index in [-0.39, 0.29) is 0 Å². The van der Waals surface area contributed by atoms with Crippen molar-refractivity contribution < 1.29 is 4.73 Å². The number of hydrogen-bond donors (Lipinski definition) is 0. The number of hydrogen-bond acceptors (Lipinski definition) is 2. The summed E-state index contributed by atoms with van der Waals surface area (Å²) < 4.78 is 0.856. The molecule has 0 unspecified atom stereocenters. The van der Waals surface area contributed by atoms with E-state index in [0.717, 1.165) is 23.4 Å². The second kappa shape index (κ2) is 3.24. The maximum absolute atomic E-state index is 11.0. The van der Waals surface area contributed by atoms with Crippen LogP contribution < -0.4 is 9.63 Å². The maximum Gasteiger partial charge on any atom is 0.185 e. The highest BCUT2D eigenvalue weighted by molar-refractivity contribution is 5.51. The largest absolute Gasteiger partial charge is 0.619 e. The number of anilines is 1. The second-order valence-corrected chi connectivity index (χ2v) is 3.57. The summed E-state index contributed by atoms with van der Waals surface area (Å²) in [6.07, 6.45) is 5.74. The molecule has 0 bridgehead atoms. The topological polar surface area (TPSA) is 30.2 Å². The van der Waals surface area contributed by atoms with Gasteiger partial charge in [0.1, 0.15) is 0 Å². The first-order valence-electron chi connectivity index (χ1n) is 4.72. The Hall–Kier alpha value is -1.25. The van der Waals surface area contributed by atoms with E-state index in [4.69, 9.17) is 0 Å². The van der Waals surface area contributed by atoms with Crippen molar-refractivity contribution in [3.63, 3.8) is 0 Å². The molecule has 1 fully saturated rings. The number of aryl methyl sites for hydroxylation is 1. The summed E-state index contributed by atoms with van der Waals surface area (Å²) in [7, 11) is 0. The summed E-state index contributed by atoms with van der Waals surface area (Å²) in [6, 6.07) is 1.91. The molecule has 1 aromatic heterocycles. The Morgan fingerprint density at radius 1 is 1.38 bits per heavy atom. The average Bonchev–Trinajstić information content (AvgIpc) is 2.56. The molecule has 1 aliphatic heterocycles. The van der Waals surface area contributed by atoms with Crippen LogP contribution in [0.25, 0.3) is 0 Å². The van der Waals surface area contributed by atoms with E-state index in [1.165, 1.54) is 18.5 Å². The van der Waals surface area contributed by atoms with E-state index >= 15 is 0 Å². The van der Waals surface area contributed by atoms with Crippen molar-refractivity contribution in [2.75, 3.05) is 18.0 Å². The fraction of sp³-hybridized carbons (Fsp3) is 0.500. The van der Waals surface area contributed by atoms with Crippen LogP contribution in [0, 0.1) is 12.1 Å². The molecule has 0 atom stereocenters. The van der Waals surface area contributed by atoms with Crippen LogP contribution in [0.3, 0.4) is 0 Å². The molecule has 13 heavy (non-hydrogen) atoms. The van der Waals surface area contributed by atoms with E-state index in [1.54, 1.807) is 12.4 Å². The Morgan fingerprint density at radius 2 is 2.08 bits per heavy atom. The molecular formula is C10H14N2O. The molecule has 0 saturated carbocycles.